The maximum atomic E-state index is 10.7. The standard InChI is InChI=1S/C13H13NO3/c1-17-12-4-2-9-8-14-7-6-10(9)11(12)3-5-13(15)16/h2,4,6-8H,3,5H2,1H3,(H,15,16). The Balaban J connectivity index is 2.50. The molecule has 1 aromatic heterocycles. The fourth-order valence-electron chi connectivity index (χ4n) is 1.89. The van der Waals surface area contributed by atoms with Crippen LogP contribution in [0.1, 0.15) is 12.0 Å². The maximum Gasteiger partial charge on any atom is 0.303 e. The highest BCUT2D eigenvalue weighted by Crippen LogP contribution is 2.28. The number of pyridine rings is 1. The molecule has 1 N–H and O–H groups in total. The van der Waals surface area contributed by atoms with Crippen LogP contribution in [-0.2, 0) is 11.2 Å². The number of methoxy groups -OCH3 is 1. The Morgan fingerprint density at radius 3 is 2.94 bits per heavy atom. The SMILES string of the molecule is COc1ccc2cnccc2c1CCC(=O)O. The monoisotopic (exact) mass is 231 g/mol. The topological polar surface area (TPSA) is 59.4 Å². The number of aliphatic carboxylic acids is 1. The first-order chi connectivity index (χ1) is 8.22. The molecule has 4 nitrogen and oxygen atoms in total. The largest absolute Gasteiger partial charge is 0.496 e. The van der Waals surface area contributed by atoms with Crippen LogP contribution >= 0.6 is 0 Å². The lowest BCUT2D eigenvalue weighted by Crippen LogP contribution is -2.00. The van der Waals surface area contributed by atoms with Crippen molar-refractivity contribution in [3.05, 3.63) is 36.2 Å². The first kappa shape index (κ1) is 11.4. The van der Waals surface area contributed by atoms with Crippen molar-refractivity contribution in [2.24, 2.45) is 0 Å². The first-order valence-electron chi connectivity index (χ1n) is 5.33. The average Bonchev–Trinajstić information content (AvgIpc) is 2.35. The van der Waals surface area contributed by atoms with Crippen molar-refractivity contribution in [2.75, 3.05) is 7.11 Å². The third kappa shape index (κ3) is 2.36. The van der Waals surface area contributed by atoms with E-state index in [9.17, 15) is 4.79 Å². The number of aryl methyl sites for hydroxylation is 1. The van der Waals surface area contributed by atoms with Gasteiger partial charge in [0, 0.05) is 29.8 Å². The second-order valence-electron chi connectivity index (χ2n) is 3.74. The van der Waals surface area contributed by atoms with Gasteiger partial charge in [0.25, 0.3) is 0 Å². The van der Waals surface area contributed by atoms with Crippen LogP contribution in [0.2, 0.25) is 0 Å². The first-order valence-corrected chi connectivity index (χ1v) is 5.33. The number of carboxylic acids is 1. The number of hydrogen-bond donors (Lipinski definition) is 1. The summed E-state index contributed by atoms with van der Waals surface area (Å²) in [6.07, 6.45) is 4.02. The molecule has 4 heteroatoms. The van der Waals surface area contributed by atoms with Gasteiger partial charge in [-0.15, -0.1) is 0 Å². The van der Waals surface area contributed by atoms with E-state index in [1.165, 1.54) is 0 Å². The van der Waals surface area contributed by atoms with Crippen molar-refractivity contribution >= 4 is 16.7 Å². The van der Waals surface area contributed by atoms with Crippen molar-refractivity contribution in [1.29, 1.82) is 0 Å². The minimum absolute atomic E-state index is 0.0950. The molecule has 0 spiro atoms. The molecule has 1 heterocycles. The molecule has 1 aromatic carbocycles. The molecule has 2 rings (SSSR count). The summed E-state index contributed by atoms with van der Waals surface area (Å²) in [5.74, 6) is -0.0805. The van der Waals surface area contributed by atoms with E-state index in [2.05, 4.69) is 4.98 Å². The van der Waals surface area contributed by atoms with E-state index in [1.807, 2.05) is 18.2 Å². The molecule has 0 unspecified atom stereocenters. The number of nitrogens with zero attached hydrogens (tertiary/aromatic N) is 1. The van der Waals surface area contributed by atoms with Crippen molar-refractivity contribution < 1.29 is 14.6 Å². The van der Waals surface area contributed by atoms with Gasteiger partial charge in [-0.05, 0) is 30.0 Å². The summed E-state index contributed by atoms with van der Waals surface area (Å²) in [5, 5.41) is 10.8. The Morgan fingerprint density at radius 1 is 1.41 bits per heavy atom. The highest BCUT2D eigenvalue weighted by Gasteiger charge is 2.09. The fourth-order valence-corrected chi connectivity index (χ4v) is 1.89. The van der Waals surface area contributed by atoms with E-state index in [1.54, 1.807) is 19.5 Å². The highest BCUT2D eigenvalue weighted by molar-refractivity contribution is 5.87. The molecular weight excluding hydrogens is 218 g/mol. The van der Waals surface area contributed by atoms with Gasteiger partial charge in [-0.25, -0.2) is 0 Å². The van der Waals surface area contributed by atoms with Crippen molar-refractivity contribution in [2.45, 2.75) is 12.8 Å². The zero-order chi connectivity index (χ0) is 12.3. The van der Waals surface area contributed by atoms with Gasteiger partial charge >= 0.3 is 5.97 Å². The molecular formula is C13H13NO3. The summed E-state index contributed by atoms with van der Waals surface area (Å²) < 4.78 is 5.27. The van der Waals surface area contributed by atoms with E-state index in [0.717, 1.165) is 22.1 Å². The number of carbonyl (C=O) groups is 1. The Bertz CT molecular complexity index is 551. The third-order valence-corrected chi connectivity index (χ3v) is 2.70. The summed E-state index contributed by atoms with van der Waals surface area (Å²) in [7, 11) is 1.59. The molecule has 0 atom stereocenters. The molecule has 0 radical (unpaired) electrons. The van der Waals surface area contributed by atoms with E-state index in [-0.39, 0.29) is 6.42 Å². The van der Waals surface area contributed by atoms with Gasteiger partial charge in [0.05, 0.1) is 7.11 Å². The Labute approximate surface area is 98.9 Å². The zero-order valence-corrected chi connectivity index (χ0v) is 9.51. The summed E-state index contributed by atoms with van der Waals surface area (Å²) >= 11 is 0. The Kier molecular flexibility index (Phi) is 3.23. The number of benzene rings is 1. The Morgan fingerprint density at radius 2 is 2.24 bits per heavy atom. The van der Waals surface area contributed by atoms with E-state index in [4.69, 9.17) is 9.84 Å². The average molecular weight is 231 g/mol. The van der Waals surface area contributed by atoms with E-state index < -0.39 is 5.97 Å². The van der Waals surface area contributed by atoms with Crippen molar-refractivity contribution in [1.82, 2.24) is 4.98 Å². The quantitative estimate of drug-likeness (QED) is 0.876. The number of aromatic nitrogens is 1. The summed E-state index contributed by atoms with van der Waals surface area (Å²) in [6, 6.07) is 5.65. The normalized spacial score (nSPS) is 10.4. The predicted octanol–water partition coefficient (Wildman–Crippen LogP) is 2.26. The zero-order valence-electron chi connectivity index (χ0n) is 9.51. The molecule has 0 aliphatic heterocycles. The third-order valence-electron chi connectivity index (χ3n) is 2.70. The molecule has 0 aliphatic rings. The summed E-state index contributed by atoms with van der Waals surface area (Å²) in [6.45, 7) is 0. The molecule has 0 saturated heterocycles. The number of carboxylic acid groups (broad SMARTS) is 1. The minimum Gasteiger partial charge on any atom is -0.496 e. The highest BCUT2D eigenvalue weighted by atomic mass is 16.5. The van der Waals surface area contributed by atoms with Crippen molar-refractivity contribution in [3.63, 3.8) is 0 Å². The lowest BCUT2D eigenvalue weighted by atomic mass is 10.0. The van der Waals surface area contributed by atoms with Gasteiger partial charge < -0.3 is 9.84 Å². The molecule has 0 fully saturated rings. The fraction of sp³-hybridized carbons (Fsp3) is 0.231. The number of rotatable bonds is 4. The van der Waals surface area contributed by atoms with Gasteiger partial charge in [-0.2, -0.15) is 0 Å². The van der Waals surface area contributed by atoms with Crippen LogP contribution in [0.3, 0.4) is 0 Å². The van der Waals surface area contributed by atoms with Gasteiger partial charge in [0.1, 0.15) is 5.75 Å². The predicted molar refractivity (Wildman–Crippen MR) is 64.3 cm³/mol. The van der Waals surface area contributed by atoms with Gasteiger partial charge in [0.2, 0.25) is 0 Å². The van der Waals surface area contributed by atoms with Gasteiger partial charge in [-0.3, -0.25) is 9.78 Å². The van der Waals surface area contributed by atoms with Crippen molar-refractivity contribution in [3.8, 4) is 5.75 Å². The van der Waals surface area contributed by atoms with Crippen LogP contribution in [-0.4, -0.2) is 23.2 Å². The van der Waals surface area contributed by atoms with Crippen LogP contribution in [0.5, 0.6) is 5.75 Å². The van der Waals surface area contributed by atoms with Crippen LogP contribution in [0.15, 0.2) is 30.6 Å². The molecule has 17 heavy (non-hydrogen) atoms. The second-order valence-corrected chi connectivity index (χ2v) is 3.74. The molecule has 0 amide bonds. The lowest BCUT2D eigenvalue weighted by Gasteiger charge is -2.10. The van der Waals surface area contributed by atoms with E-state index >= 15 is 0 Å². The van der Waals surface area contributed by atoms with Crippen LogP contribution in [0.25, 0.3) is 10.8 Å². The second kappa shape index (κ2) is 4.82. The Hall–Kier alpha value is -2.10. The summed E-state index contributed by atoms with van der Waals surface area (Å²) in [4.78, 5) is 14.7. The lowest BCUT2D eigenvalue weighted by molar-refractivity contribution is -0.136. The molecule has 0 bridgehead atoms. The van der Waals surface area contributed by atoms with Crippen LogP contribution in [0, 0.1) is 0 Å². The summed E-state index contributed by atoms with van der Waals surface area (Å²) in [5.41, 5.74) is 0.926. The molecule has 0 saturated carbocycles. The maximum absolute atomic E-state index is 10.7. The number of ether oxygens (including phenoxy) is 1. The number of hydrogen-bond acceptors (Lipinski definition) is 3. The minimum atomic E-state index is -0.807. The van der Waals surface area contributed by atoms with Gasteiger partial charge in [0.15, 0.2) is 0 Å². The van der Waals surface area contributed by atoms with Gasteiger partial charge in [-0.1, -0.05) is 0 Å². The molecule has 0 aliphatic carbocycles. The number of fused-ring (bicyclic) bond motifs is 1. The molecule has 2 aromatic rings. The van der Waals surface area contributed by atoms with Crippen LogP contribution in [0.4, 0.5) is 0 Å². The molecule has 88 valence electrons. The van der Waals surface area contributed by atoms with Crippen LogP contribution < -0.4 is 4.74 Å². The smallest absolute Gasteiger partial charge is 0.303 e. The van der Waals surface area contributed by atoms with E-state index in [0.29, 0.717) is 6.42 Å².